The molecule has 64 heavy (non-hydrogen) atoms. The number of allylic oxidation sites excluding steroid dienone is 2. The summed E-state index contributed by atoms with van der Waals surface area (Å²) in [6.07, 6.45) is 8.09. The molecular weight excluding hydrogens is 803 g/mol. The Bertz CT molecular complexity index is 3850. The number of aromatic nitrogens is 5. The Kier molecular flexibility index (Phi) is 7.71. The van der Waals surface area contributed by atoms with Crippen molar-refractivity contribution < 1.29 is 4.42 Å². The fraction of sp³-hybridized carbons (Fsp3) is 0.0702. The molecule has 0 unspecified atom stereocenters. The summed E-state index contributed by atoms with van der Waals surface area (Å²) < 4.78 is 15.1. The van der Waals surface area contributed by atoms with E-state index in [0.717, 1.165) is 75.1 Å². The number of thiophene rings is 1. The normalized spacial score (nSPS) is 13.9. The lowest BCUT2D eigenvalue weighted by Crippen LogP contribution is -2.12. The highest BCUT2D eigenvalue weighted by atomic mass is 32.1. The molecule has 2 aliphatic carbocycles. The average molecular weight is 840 g/mol. The molecule has 0 N–H and O–H groups in total. The SMILES string of the molecule is C1=Cc2c(n(-c3cccc4c5c(oc34)C(n3c4ccccc4c4ccccc43)=C(c3nc(-c4ccccc4)nc(-c4ccccc4)n3)CC5)c3c2ccc2c4ccccc4sc23)CC1. The lowest BCUT2D eigenvalue weighted by molar-refractivity contribution is 0.584. The van der Waals surface area contributed by atoms with Crippen molar-refractivity contribution in [2.24, 2.45) is 0 Å². The Morgan fingerprint density at radius 2 is 1.12 bits per heavy atom. The third-order valence-electron chi connectivity index (χ3n) is 13.4. The standard InChI is InChI=1S/C57H37N5OS/c1-3-16-34(17-4-1)55-58-56(35-18-5-2-6-19-35)60-57(59-55)44-33-31-42-41-24-15-28-48(52(41)63-53(42)50(44)61-45-25-11-7-20-36(45)37-21-8-12-26-46(37)61)62-47-27-13-9-22-38(47)40-30-32-43-39-23-10-14-29-49(39)64-54(43)51(40)62/h1-12,14-26,28-30,32H,13,27,31,33H2. The monoisotopic (exact) mass is 839 g/mol. The molecular formula is C57H37N5OS. The fourth-order valence-corrected chi connectivity index (χ4v) is 11.8. The minimum atomic E-state index is 0.641. The third-order valence-corrected chi connectivity index (χ3v) is 14.6. The summed E-state index contributed by atoms with van der Waals surface area (Å²) in [5, 5.41) is 7.39. The van der Waals surface area contributed by atoms with Gasteiger partial charge in [0.1, 0.15) is 0 Å². The van der Waals surface area contributed by atoms with E-state index in [4.69, 9.17) is 19.4 Å². The maximum Gasteiger partial charge on any atom is 0.164 e. The first kappa shape index (κ1) is 35.7. The van der Waals surface area contributed by atoms with Gasteiger partial charge >= 0.3 is 0 Å². The highest BCUT2D eigenvalue weighted by Crippen LogP contribution is 2.49. The van der Waals surface area contributed by atoms with Crippen LogP contribution in [0.5, 0.6) is 0 Å². The molecule has 14 rings (SSSR count). The lowest BCUT2D eigenvalue weighted by Gasteiger charge is -2.22. The van der Waals surface area contributed by atoms with Gasteiger partial charge in [0.2, 0.25) is 0 Å². The molecule has 0 saturated heterocycles. The maximum absolute atomic E-state index is 7.59. The van der Waals surface area contributed by atoms with Crippen LogP contribution in [-0.4, -0.2) is 24.1 Å². The van der Waals surface area contributed by atoms with Gasteiger partial charge in [0.15, 0.2) is 28.8 Å². The first-order valence-corrected chi connectivity index (χ1v) is 22.9. The van der Waals surface area contributed by atoms with E-state index >= 15 is 0 Å². The Morgan fingerprint density at radius 3 is 1.86 bits per heavy atom. The Labute approximate surface area is 371 Å². The molecule has 0 amide bonds. The van der Waals surface area contributed by atoms with E-state index in [1.165, 1.54) is 58.7 Å². The third kappa shape index (κ3) is 5.16. The predicted molar refractivity (Wildman–Crippen MR) is 264 cm³/mol. The van der Waals surface area contributed by atoms with Crippen molar-refractivity contribution in [1.29, 1.82) is 0 Å². The van der Waals surface area contributed by atoms with E-state index in [0.29, 0.717) is 23.9 Å². The fourth-order valence-electron chi connectivity index (χ4n) is 10.6. The lowest BCUT2D eigenvalue weighted by atomic mass is 9.91. The van der Waals surface area contributed by atoms with E-state index in [9.17, 15) is 0 Å². The Morgan fingerprint density at radius 1 is 0.500 bits per heavy atom. The molecule has 302 valence electrons. The number of para-hydroxylation sites is 3. The van der Waals surface area contributed by atoms with E-state index in [2.05, 4.69) is 149 Å². The van der Waals surface area contributed by atoms with Gasteiger partial charge in [0.05, 0.1) is 32.6 Å². The summed E-state index contributed by atoms with van der Waals surface area (Å²) in [6.45, 7) is 0. The molecule has 2 aliphatic rings. The highest BCUT2D eigenvalue weighted by Gasteiger charge is 2.33. The zero-order chi connectivity index (χ0) is 41.9. The van der Waals surface area contributed by atoms with Gasteiger partial charge in [-0.3, -0.25) is 0 Å². The van der Waals surface area contributed by atoms with E-state index in [-0.39, 0.29) is 0 Å². The van der Waals surface area contributed by atoms with Crippen LogP contribution < -0.4 is 0 Å². The quantitative estimate of drug-likeness (QED) is 0.173. The minimum Gasteiger partial charge on any atom is -0.452 e. The van der Waals surface area contributed by atoms with Crippen LogP contribution in [0.15, 0.2) is 174 Å². The summed E-state index contributed by atoms with van der Waals surface area (Å²) in [4.78, 5) is 15.8. The molecule has 0 bridgehead atoms. The van der Waals surface area contributed by atoms with Crippen LogP contribution in [0, 0.1) is 0 Å². The molecule has 0 aliphatic heterocycles. The van der Waals surface area contributed by atoms with Gasteiger partial charge in [-0.25, -0.2) is 15.0 Å². The van der Waals surface area contributed by atoms with Gasteiger partial charge < -0.3 is 13.6 Å². The number of furan rings is 1. The summed E-state index contributed by atoms with van der Waals surface area (Å²) in [7, 11) is 0. The maximum atomic E-state index is 7.59. The van der Waals surface area contributed by atoms with Crippen LogP contribution in [0.4, 0.5) is 0 Å². The molecule has 7 heteroatoms. The number of hydrogen-bond acceptors (Lipinski definition) is 5. The molecule has 12 aromatic rings. The van der Waals surface area contributed by atoms with Crippen molar-refractivity contribution in [3.63, 3.8) is 0 Å². The molecule has 0 fully saturated rings. The highest BCUT2D eigenvalue weighted by molar-refractivity contribution is 7.26. The van der Waals surface area contributed by atoms with Crippen molar-refractivity contribution in [2.75, 3.05) is 0 Å². The molecule has 7 aromatic carbocycles. The number of aryl methyl sites for hydroxylation is 1. The second-order valence-corrected chi connectivity index (χ2v) is 17.9. The Balaban J connectivity index is 1.09. The van der Waals surface area contributed by atoms with Crippen molar-refractivity contribution in [3.8, 4) is 28.5 Å². The summed E-state index contributed by atoms with van der Waals surface area (Å²) in [6, 6.07) is 58.1. The van der Waals surface area contributed by atoms with Crippen LogP contribution in [0.1, 0.15) is 41.2 Å². The van der Waals surface area contributed by atoms with Crippen molar-refractivity contribution in [3.05, 3.63) is 198 Å². The van der Waals surface area contributed by atoms with Crippen LogP contribution >= 0.6 is 11.3 Å². The first-order chi connectivity index (χ1) is 31.8. The number of fused-ring (bicyclic) bond motifs is 13. The number of benzene rings is 7. The van der Waals surface area contributed by atoms with E-state index < -0.39 is 0 Å². The predicted octanol–water partition coefficient (Wildman–Crippen LogP) is 14.7. The smallest absolute Gasteiger partial charge is 0.164 e. The van der Waals surface area contributed by atoms with Crippen molar-refractivity contribution in [1.82, 2.24) is 24.1 Å². The summed E-state index contributed by atoms with van der Waals surface area (Å²) in [5.74, 6) is 2.79. The van der Waals surface area contributed by atoms with E-state index in [1.807, 2.05) is 47.7 Å². The zero-order valence-electron chi connectivity index (χ0n) is 34.6. The van der Waals surface area contributed by atoms with Crippen molar-refractivity contribution in [2.45, 2.75) is 25.7 Å². The van der Waals surface area contributed by atoms with Gasteiger partial charge in [0.25, 0.3) is 0 Å². The topological polar surface area (TPSA) is 61.7 Å². The first-order valence-electron chi connectivity index (χ1n) is 22.0. The zero-order valence-corrected chi connectivity index (χ0v) is 35.4. The van der Waals surface area contributed by atoms with Gasteiger partial charge in [-0.15, -0.1) is 11.3 Å². The average Bonchev–Trinajstić information content (AvgIpc) is 4.12. The molecule has 0 radical (unpaired) electrons. The Hall–Kier alpha value is -7.87. The molecule has 0 spiro atoms. The van der Waals surface area contributed by atoms with Crippen LogP contribution in [0.25, 0.3) is 110 Å². The van der Waals surface area contributed by atoms with Gasteiger partial charge in [-0.1, -0.05) is 152 Å². The number of rotatable bonds is 5. The second kappa shape index (κ2) is 13.8. The van der Waals surface area contributed by atoms with Gasteiger partial charge in [-0.2, -0.15) is 0 Å². The molecule has 0 saturated carbocycles. The van der Waals surface area contributed by atoms with Crippen LogP contribution in [0.2, 0.25) is 0 Å². The number of nitrogens with zero attached hydrogens (tertiary/aromatic N) is 5. The largest absolute Gasteiger partial charge is 0.452 e. The molecule has 0 atom stereocenters. The van der Waals surface area contributed by atoms with Crippen LogP contribution in [0.3, 0.4) is 0 Å². The summed E-state index contributed by atoms with van der Waals surface area (Å²) >= 11 is 1.89. The van der Waals surface area contributed by atoms with E-state index in [1.54, 1.807) is 0 Å². The number of hydrogen-bond donors (Lipinski definition) is 0. The molecule has 5 heterocycles. The van der Waals surface area contributed by atoms with Crippen molar-refractivity contribution >= 4 is 92.5 Å². The molecule has 5 aromatic heterocycles. The molecule has 6 nitrogen and oxygen atoms in total. The van der Waals surface area contributed by atoms with Crippen LogP contribution in [-0.2, 0) is 12.8 Å². The summed E-state index contributed by atoms with van der Waals surface area (Å²) in [5.41, 5.74) is 13.1. The van der Waals surface area contributed by atoms with Gasteiger partial charge in [-0.05, 0) is 49.9 Å². The second-order valence-electron chi connectivity index (χ2n) is 16.9. The van der Waals surface area contributed by atoms with Gasteiger partial charge in [0, 0.05) is 70.5 Å². The minimum absolute atomic E-state index is 0.641.